The number of esters is 1. The number of rotatable bonds is 6. The molecule has 1 aromatic rings. The summed E-state index contributed by atoms with van der Waals surface area (Å²) in [6.45, 7) is 7.83. The fourth-order valence-corrected chi connectivity index (χ4v) is 2.88. The number of nitrogens with one attached hydrogen (secondary N) is 1. The number of hydrazine groups is 1. The molecule has 0 bridgehead atoms. The molecule has 3 amide bonds. The summed E-state index contributed by atoms with van der Waals surface area (Å²) in [6.07, 6.45) is 3.64. The summed E-state index contributed by atoms with van der Waals surface area (Å²) in [5.41, 5.74) is 1.65. The van der Waals surface area contributed by atoms with Crippen LogP contribution < -0.4 is 5.32 Å². The second-order valence-electron chi connectivity index (χ2n) is 6.33. The predicted octanol–water partition coefficient (Wildman–Crippen LogP) is 1.67. The zero-order valence-electron chi connectivity index (χ0n) is 16.2. The van der Waals surface area contributed by atoms with Crippen molar-refractivity contribution >= 4 is 35.6 Å². The zero-order chi connectivity index (χ0) is 20.8. The first kappa shape index (κ1) is 21.5. The quantitative estimate of drug-likeness (QED) is 0.438. The number of halogens is 1. The molecule has 0 radical (unpaired) electrons. The molecule has 1 saturated heterocycles. The normalized spacial score (nSPS) is 13.9. The van der Waals surface area contributed by atoms with Gasteiger partial charge in [0.25, 0.3) is 5.91 Å². The van der Waals surface area contributed by atoms with E-state index < -0.39 is 12.0 Å². The molecule has 10 heteroatoms. The lowest BCUT2D eigenvalue weighted by molar-refractivity contribution is -0.138. The van der Waals surface area contributed by atoms with Crippen LogP contribution in [0.1, 0.15) is 24.6 Å². The van der Waals surface area contributed by atoms with Crippen LogP contribution in [0.2, 0.25) is 5.15 Å². The van der Waals surface area contributed by atoms with Gasteiger partial charge in [-0.05, 0) is 26.3 Å². The van der Waals surface area contributed by atoms with E-state index in [4.69, 9.17) is 16.3 Å². The van der Waals surface area contributed by atoms with E-state index in [0.717, 1.165) is 0 Å². The SMILES string of the molecule is C=C(C)C(=O)OCCNC(=O)N1CCCN1C(=O)/C=C/c1c(C)nn(C)c1Cl. The average molecular weight is 410 g/mol. The number of amides is 3. The molecule has 1 aromatic heterocycles. The molecule has 0 saturated carbocycles. The lowest BCUT2D eigenvalue weighted by atomic mass is 10.2. The second kappa shape index (κ2) is 9.41. The lowest BCUT2D eigenvalue weighted by Crippen LogP contribution is -2.49. The van der Waals surface area contributed by atoms with Gasteiger partial charge in [0, 0.05) is 37.3 Å². The lowest BCUT2D eigenvalue weighted by Gasteiger charge is -2.27. The molecule has 0 unspecified atom stereocenters. The van der Waals surface area contributed by atoms with E-state index in [-0.39, 0.29) is 19.1 Å². The Labute approximate surface area is 168 Å². The van der Waals surface area contributed by atoms with Gasteiger partial charge in [-0.3, -0.25) is 9.48 Å². The predicted molar refractivity (Wildman–Crippen MR) is 104 cm³/mol. The summed E-state index contributed by atoms with van der Waals surface area (Å²) < 4.78 is 6.44. The number of aromatic nitrogens is 2. The zero-order valence-corrected chi connectivity index (χ0v) is 17.0. The van der Waals surface area contributed by atoms with Crippen molar-refractivity contribution in [3.05, 3.63) is 34.6 Å². The largest absolute Gasteiger partial charge is 0.460 e. The molecule has 1 aliphatic rings. The maximum absolute atomic E-state index is 12.5. The van der Waals surface area contributed by atoms with Crippen molar-refractivity contribution in [2.45, 2.75) is 20.3 Å². The van der Waals surface area contributed by atoms with Gasteiger partial charge in [0.1, 0.15) is 11.8 Å². The van der Waals surface area contributed by atoms with Crippen molar-refractivity contribution in [3.63, 3.8) is 0 Å². The van der Waals surface area contributed by atoms with Crippen LogP contribution in [0.4, 0.5) is 4.79 Å². The van der Waals surface area contributed by atoms with Gasteiger partial charge < -0.3 is 10.1 Å². The van der Waals surface area contributed by atoms with Gasteiger partial charge in [0.05, 0.1) is 12.2 Å². The Bertz CT molecular complexity index is 817. The van der Waals surface area contributed by atoms with Gasteiger partial charge in [-0.1, -0.05) is 18.2 Å². The summed E-state index contributed by atoms with van der Waals surface area (Å²) in [7, 11) is 1.72. The Kier molecular flexibility index (Phi) is 7.22. The van der Waals surface area contributed by atoms with Crippen LogP contribution in [0.25, 0.3) is 6.08 Å². The fourth-order valence-electron chi connectivity index (χ4n) is 2.64. The molecule has 2 heterocycles. The van der Waals surface area contributed by atoms with E-state index in [0.29, 0.717) is 41.5 Å². The number of urea groups is 1. The highest BCUT2D eigenvalue weighted by Gasteiger charge is 2.29. The monoisotopic (exact) mass is 409 g/mol. The minimum absolute atomic E-state index is 0.0257. The summed E-state index contributed by atoms with van der Waals surface area (Å²) in [6, 6.07) is -0.429. The van der Waals surface area contributed by atoms with E-state index in [2.05, 4.69) is 17.0 Å². The number of nitrogens with zero attached hydrogens (tertiary/aromatic N) is 4. The summed E-state index contributed by atoms with van der Waals surface area (Å²) in [5, 5.41) is 9.95. The molecule has 0 atom stereocenters. The first-order valence-electron chi connectivity index (χ1n) is 8.79. The molecule has 0 spiro atoms. The third-order valence-corrected chi connectivity index (χ3v) is 4.52. The number of hydrogen-bond acceptors (Lipinski definition) is 5. The highest BCUT2D eigenvalue weighted by Crippen LogP contribution is 2.20. The average Bonchev–Trinajstić information content (AvgIpc) is 3.22. The Morgan fingerprint density at radius 1 is 1.32 bits per heavy atom. The van der Waals surface area contributed by atoms with Crippen LogP contribution in [0, 0.1) is 6.92 Å². The highest BCUT2D eigenvalue weighted by atomic mass is 35.5. The molecule has 28 heavy (non-hydrogen) atoms. The minimum Gasteiger partial charge on any atom is -0.460 e. The van der Waals surface area contributed by atoms with E-state index in [1.54, 1.807) is 27.0 Å². The Hall–Kier alpha value is -2.81. The van der Waals surface area contributed by atoms with Crippen molar-refractivity contribution in [2.24, 2.45) is 7.05 Å². The maximum atomic E-state index is 12.5. The van der Waals surface area contributed by atoms with E-state index in [1.165, 1.54) is 20.8 Å². The number of aryl methyl sites for hydroxylation is 2. The molecule has 2 rings (SSSR count). The third kappa shape index (κ3) is 5.13. The summed E-state index contributed by atoms with van der Waals surface area (Å²) in [4.78, 5) is 36.2. The Morgan fingerprint density at radius 3 is 2.61 bits per heavy atom. The maximum Gasteiger partial charge on any atom is 0.336 e. The highest BCUT2D eigenvalue weighted by molar-refractivity contribution is 6.31. The molecule has 0 aliphatic carbocycles. The first-order valence-corrected chi connectivity index (χ1v) is 9.16. The molecule has 1 fully saturated rings. The number of hydrogen-bond donors (Lipinski definition) is 1. The molecule has 0 aromatic carbocycles. The van der Waals surface area contributed by atoms with Crippen molar-refractivity contribution < 1.29 is 19.1 Å². The molecule has 1 N–H and O–H groups in total. The summed E-state index contributed by atoms with van der Waals surface area (Å²) >= 11 is 6.16. The molecule has 9 nitrogen and oxygen atoms in total. The Balaban J connectivity index is 1.91. The molecular formula is C18H24ClN5O4. The number of carbonyl (C=O) groups is 3. The van der Waals surface area contributed by atoms with Crippen LogP contribution in [0.3, 0.4) is 0 Å². The van der Waals surface area contributed by atoms with Gasteiger partial charge in [0.2, 0.25) is 0 Å². The first-order chi connectivity index (χ1) is 13.2. The summed E-state index contributed by atoms with van der Waals surface area (Å²) in [5.74, 6) is -0.845. The van der Waals surface area contributed by atoms with Crippen LogP contribution in [-0.2, 0) is 21.4 Å². The van der Waals surface area contributed by atoms with Crippen molar-refractivity contribution in [3.8, 4) is 0 Å². The van der Waals surface area contributed by atoms with Crippen molar-refractivity contribution in [1.29, 1.82) is 0 Å². The van der Waals surface area contributed by atoms with E-state index in [1.807, 2.05) is 0 Å². The molecule has 152 valence electrons. The van der Waals surface area contributed by atoms with Crippen LogP contribution >= 0.6 is 11.6 Å². The van der Waals surface area contributed by atoms with E-state index >= 15 is 0 Å². The van der Waals surface area contributed by atoms with Gasteiger partial charge in [-0.25, -0.2) is 19.6 Å². The van der Waals surface area contributed by atoms with Crippen LogP contribution in [-0.4, -0.2) is 63.9 Å². The third-order valence-electron chi connectivity index (χ3n) is 4.07. The second-order valence-corrected chi connectivity index (χ2v) is 6.69. The van der Waals surface area contributed by atoms with E-state index in [9.17, 15) is 14.4 Å². The standard InChI is InChI=1S/C18H24ClN5O4/c1-12(2)17(26)28-11-8-20-18(27)24-10-5-9-23(24)15(25)7-6-14-13(3)21-22(4)16(14)19/h6-7H,1,5,8-11H2,2-4H3,(H,20,27)/b7-6+. The van der Waals surface area contributed by atoms with Crippen LogP contribution in [0.15, 0.2) is 18.2 Å². The topological polar surface area (TPSA) is 96.8 Å². The van der Waals surface area contributed by atoms with Crippen LogP contribution in [0.5, 0.6) is 0 Å². The van der Waals surface area contributed by atoms with Crippen molar-refractivity contribution in [1.82, 2.24) is 25.1 Å². The van der Waals surface area contributed by atoms with Gasteiger partial charge in [-0.15, -0.1) is 0 Å². The molecular weight excluding hydrogens is 386 g/mol. The minimum atomic E-state index is -0.512. The fraction of sp³-hybridized carbons (Fsp3) is 0.444. The van der Waals surface area contributed by atoms with Gasteiger partial charge in [-0.2, -0.15) is 5.10 Å². The number of ether oxygens (including phenoxy) is 1. The van der Waals surface area contributed by atoms with Gasteiger partial charge in [0.15, 0.2) is 0 Å². The smallest absolute Gasteiger partial charge is 0.336 e. The number of carbonyl (C=O) groups excluding carboxylic acids is 3. The molecule has 1 aliphatic heterocycles. The van der Waals surface area contributed by atoms with Gasteiger partial charge >= 0.3 is 12.0 Å². The van der Waals surface area contributed by atoms with Crippen molar-refractivity contribution in [2.75, 3.05) is 26.2 Å². The Morgan fingerprint density at radius 2 is 2.00 bits per heavy atom.